The van der Waals surface area contributed by atoms with E-state index in [1.54, 1.807) is 48.1 Å². The van der Waals surface area contributed by atoms with Crippen molar-refractivity contribution in [2.75, 3.05) is 14.2 Å². The highest BCUT2D eigenvalue weighted by Gasteiger charge is 2.17. The predicted molar refractivity (Wildman–Crippen MR) is 99.8 cm³/mol. The van der Waals surface area contributed by atoms with E-state index in [4.69, 9.17) is 9.15 Å². The van der Waals surface area contributed by atoms with Crippen molar-refractivity contribution in [1.29, 1.82) is 0 Å². The molecular weight excluding hydrogens is 362 g/mol. The van der Waals surface area contributed by atoms with E-state index in [9.17, 15) is 9.59 Å². The average molecular weight is 383 g/mol. The van der Waals surface area contributed by atoms with E-state index in [0.717, 1.165) is 5.69 Å². The number of carbonyl (C=O) groups excluding carboxylic acids is 2. The van der Waals surface area contributed by atoms with Gasteiger partial charge in [0.25, 0.3) is 5.91 Å². The lowest BCUT2D eigenvalue weighted by Crippen LogP contribution is -2.26. The summed E-state index contributed by atoms with van der Waals surface area (Å²) in [4.78, 5) is 25.4. The molecule has 0 aliphatic heterocycles. The molecule has 8 heteroatoms. The molecule has 0 unspecified atom stereocenters. The number of ether oxygens (including phenoxy) is 2. The first-order valence-electron chi connectivity index (χ1n) is 8.60. The summed E-state index contributed by atoms with van der Waals surface area (Å²) >= 11 is 0. The summed E-state index contributed by atoms with van der Waals surface area (Å²) < 4.78 is 17.6. The number of esters is 1. The van der Waals surface area contributed by atoms with Crippen molar-refractivity contribution in [3.63, 3.8) is 0 Å². The third kappa shape index (κ3) is 4.59. The Morgan fingerprint density at radius 1 is 1.14 bits per heavy atom. The summed E-state index contributed by atoms with van der Waals surface area (Å²) in [5, 5.41) is 4.26. The second-order valence-electron chi connectivity index (χ2n) is 6.21. The Labute approximate surface area is 162 Å². The highest BCUT2D eigenvalue weighted by molar-refractivity contribution is 5.91. The number of aryl methyl sites for hydroxylation is 1. The third-order valence-electron chi connectivity index (χ3n) is 4.04. The zero-order valence-corrected chi connectivity index (χ0v) is 15.9. The van der Waals surface area contributed by atoms with Gasteiger partial charge >= 0.3 is 5.97 Å². The molecule has 1 amide bonds. The Hall–Kier alpha value is -3.55. The topological polar surface area (TPSA) is 86.8 Å². The van der Waals surface area contributed by atoms with Gasteiger partial charge < -0.3 is 18.8 Å². The molecule has 28 heavy (non-hydrogen) atoms. The molecule has 3 rings (SSSR count). The molecule has 2 aromatic heterocycles. The van der Waals surface area contributed by atoms with Crippen molar-refractivity contribution < 1.29 is 23.5 Å². The molecule has 146 valence electrons. The van der Waals surface area contributed by atoms with E-state index in [1.165, 1.54) is 12.0 Å². The van der Waals surface area contributed by atoms with E-state index in [-0.39, 0.29) is 18.3 Å². The molecule has 0 saturated heterocycles. The van der Waals surface area contributed by atoms with Gasteiger partial charge in [-0.15, -0.1) is 0 Å². The van der Waals surface area contributed by atoms with Gasteiger partial charge in [-0.1, -0.05) is 0 Å². The normalized spacial score (nSPS) is 10.5. The smallest absolute Gasteiger partial charge is 0.337 e. The number of rotatable bonds is 7. The number of amides is 1. The molecule has 0 bridgehead atoms. The first kappa shape index (κ1) is 19.2. The number of methoxy groups -OCH3 is 1. The number of hydrogen-bond donors (Lipinski definition) is 0. The lowest BCUT2D eigenvalue weighted by atomic mass is 10.2. The van der Waals surface area contributed by atoms with Crippen LogP contribution in [0, 0.1) is 0 Å². The van der Waals surface area contributed by atoms with Gasteiger partial charge in [0, 0.05) is 20.3 Å². The van der Waals surface area contributed by atoms with Gasteiger partial charge in [0.1, 0.15) is 18.1 Å². The minimum atomic E-state index is -0.407. The molecule has 0 radical (unpaired) electrons. The van der Waals surface area contributed by atoms with Gasteiger partial charge in [-0.3, -0.25) is 9.48 Å². The van der Waals surface area contributed by atoms with Gasteiger partial charge in [-0.2, -0.15) is 5.10 Å². The van der Waals surface area contributed by atoms with Crippen LogP contribution in [0.1, 0.15) is 32.4 Å². The van der Waals surface area contributed by atoms with Crippen LogP contribution in [0.5, 0.6) is 5.75 Å². The molecule has 0 saturated carbocycles. The van der Waals surface area contributed by atoms with Gasteiger partial charge in [0.2, 0.25) is 0 Å². The van der Waals surface area contributed by atoms with Crippen LogP contribution >= 0.6 is 0 Å². The number of carbonyl (C=O) groups is 2. The summed E-state index contributed by atoms with van der Waals surface area (Å²) in [6.07, 6.45) is 1.83. The molecule has 1 aromatic carbocycles. The van der Waals surface area contributed by atoms with Crippen LogP contribution in [0.2, 0.25) is 0 Å². The van der Waals surface area contributed by atoms with Crippen LogP contribution in [0.3, 0.4) is 0 Å². The van der Waals surface area contributed by atoms with E-state index in [1.807, 2.05) is 19.3 Å². The minimum Gasteiger partial charge on any atom is -0.486 e. The maximum Gasteiger partial charge on any atom is 0.337 e. The van der Waals surface area contributed by atoms with Gasteiger partial charge in [-0.25, -0.2) is 4.79 Å². The molecule has 0 fully saturated rings. The van der Waals surface area contributed by atoms with Crippen LogP contribution in [0.15, 0.2) is 53.1 Å². The van der Waals surface area contributed by atoms with Crippen molar-refractivity contribution in [3.05, 3.63) is 71.4 Å². The Morgan fingerprint density at radius 2 is 1.89 bits per heavy atom. The van der Waals surface area contributed by atoms with Crippen LogP contribution in [-0.4, -0.2) is 40.7 Å². The fourth-order valence-electron chi connectivity index (χ4n) is 2.58. The predicted octanol–water partition coefficient (Wildman–Crippen LogP) is 2.65. The second kappa shape index (κ2) is 8.43. The molecule has 0 aliphatic rings. The summed E-state index contributed by atoms with van der Waals surface area (Å²) in [5.74, 6) is 0.684. The number of hydrogen-bond acceptors (Lipinski definition) is 6. The largest absolute Gasteiger partial charge is 0.486 e. The Morgan fingerprint density at radius 3 is 2.54 bits per heavy atom. The van der Waals surface area contributed by atoms with Crippen molar-refractivity contribution >= 4 is 11.9 Å². The lowest BCUT2D eigenvalue weighted by Gasteiger charge is -2.14. The van der Waals surface area contributed by atoms with Crippen LogP contribution < -0.4 is 4.74 Å². The van der Waals surface area contributed by atoms with Crippen molar-refractivity contribution in [2.24, 2.45) is 7.05 Å². The van der Waals surface area contributed by atoms with Crippen molar-refractivity contribution in [2.45, 2.75) is 13.2 Å². The van der Waals surface area contributed by atoms with Gasteiger partial charge in [0.05, 0.1) is 24.9 Å². The molecule has 0 N–H and O–H groups in total. The molecule has 3 aromatic rings. The summed E-state index contributed by atoms with van der Waals surface area (Å²) in [6, 6.07) is 11.7. The average Bonchev–Trinajstić information content (AvgIpc) is 3.34. The van der Waals surface area contributed by atoms with Gasteiger partial charge in [0.15, 0.2) is 5.76 Å². The highest BCUT2D eigenvalue weighted by atomic mass is 16.5. The van der Waals surface area contributed by atoms with E-state index < -0.39 is 5.97 Å². The SMILES string of the molecule is COC(=O)c1ccc(OCc2ccc(C(=O)N(C)Cc3ccn(C)n3)o2)cc1. The Bertz CT molecular complexity index is 958. The fraction of sp³-hybridized carbons (Fsp3) is 0.250. The molecule has 8 nitrogen and oxygen atoms in total. The van der Waals surface area contributed by atoms with Crippen molar-refractivity contribution in [3.8, 4) is 5.75 Å². The number of benzene rings is 1. The van der Waals surface area contributed by atoms with E-state index in [2.05, 4.69) is 9.84 Å². The molecule has 0 spiro atoms. The van der Waals surface area contributed by atoms with E-state index in [0.29, 0.717) is 23.6 Å². The molecule has 0 aliphatic carbocycles. The van der Waals surface area contributed by atoms with Gasteiger partial charge in [-0.05, 0) is 42.5 Å². The maximum atomic E-state index is 12.5. The quantitative estimate of drug-likeness (QED) is 0.583. The zero-order chi connectivity index (χ0) is 20.1. The first-order valence-corrected chi connectivity index (χ1v) is 8.60. The molecular formula is C20H21N3O5. The maximum absolute atomic E-state index is 12.5. The van der Waals surface area contributed by atoms with Crippen LogP contribution in [0.4, 0.5) is 0 Å². The number of nitrogens with zero attached hydrogens (tertiary/aromatic N) is 3. The van der Waals surface area contributed by atoms with Crippen molar-refractivity contribution in [1.82, 2.24) is 14.7 Å². The zero-order valence-electron chi connectivity index (χ0n) is 15.9. The lowest BCUT2D eigenvalue weighted by molar-refractivity contribution is 0.0600. The molecule has 0 atom stereocenters. The first-order chi connectivity index (χ1) is 13.5. The fourth-order valence-corrected chi connectivity index (χ4v) is 2.58. The monoisotopic (exact) mass is 383 g/mol. The highest BCUT2D eigenvalue weighted by Crippen LogP contribution is 2.17. The summed E-state index contributed by atoms with van der Waals surface area (Å²) in [5.41, 5.74) is 1.24. The second-order valence-corrected chi connectivity index (χ2v) is 6.21. The minimum absolute atomic E-state index is 0.162. The van der Waals surface area contributed by atoms with E-state index >= 15 is 0 Å². The van der Waals surface area contributed by atoms with Crippen LogP contribution in [-0.2, 0) is 24.9 Å². The van der Waals surface area contributed by atoms with Crippen LogP contribution in [0.25, 0.3) is 0 Å². The standard InChI is InChI=1S/C20H21N3O5/c1-22(12-15-10-11-23(2)21-15)19(24)18-9-8-17(28-18)13-27-16-6-4-14(5-7-16)20(25)26-3/h4-11H,12-13H2,1-3H3. The molecule has 2 heterocycles. The third-order valence-corrected chi connectivity index (χ3v) is 4.04. The summed E-state index contributed by atoms with van der Waals surface area (Å²) in [7, 11) is 4.85. The number of aromatic nitrogens is 2. The Balaban J connectivity index is 1.56. The summed E-state index contributed by atoms with van der Waals surface area (Å²) in [6.45, 7) is 0.549. The number of furan rings is 1. The Kier molecular flexibility index (Phi) is 5.78.